The number of carbonyl (C=O) groups excluding carboxylic acids is 1. The Hall–Kier alpha value is -2.43. The van der Waals surface area contributed by atoms with E-state index in [2.05, 4.69) is 27.5 Å². The van der Waals surface area contributed by atoms with E-state index in [9.17, 15) is 4.79 Å². The van der Waals surface area contributed by atoms with E-state index in [0.29, 0.717) is 11.5 Å². The topological polar surface area (TPSA) is 66.9 Å². The molecule has 0 bridgehead atoms. The van der Waals surface area contributed by atoms with Crippen molar-refractivity contribution in [3.05, 3.63) is 47.4 Å². The van der Waals surface area contributed by atoms with Crippen LogP contribution >= 0.6 is 0 Å². The third kappa shape index (κ3) is 4.77. The number of rotatable bonds is 7. The van der Waals surface area contributed by atoms with Crippen LogP contribution in [-0.4, -0.2) is 22.4 Å². The number of amides is 1. The molecule has 5 heteroatoms. The molecule has 122 valence electrons. The van der Waals surface area contributed by atoms with Crippen LogP contribution in [-0.2, 0) is 0 Å². The van der Waals surface area contributed by atoms with Crippen molar-refractivity contribution in [2.24, 2.45) is 0 Å². The van der Waals surface area contributed by atoms with Gasteiger partial charge in [-0.1, -0.05) is 31.9 Å². The number of unbranched alkanes of at least 4 members (excludes halogenated alkanes) is 2. The van der Waals surface area contributed by atoms with Crippen molar-refractivity contribution in [3.63, 3.8) is 0 Å². The molecule has 0 saturated heterocycles. The maximum Gasteiger partial charge on any atom is 0.274 e. The molecular weight excluding hydrogens is 288 g/mol. The van der Waals surface area contributed by atoms with Crippen molar-refractivity contribution in [2.75, 3.05) is 17.2 Å². The molecule has 2 aromatic rings. The fourth-order valence-electron chi connectivity index (χ4n) is 2.24. The predicted molar refractivity (Wildman–Crippen MR) is 93.9 cm³/mol. The molecule has 0 aliphatic heterocycles. The molecule has 0 saturated carbocycles. The fraction of sp³-hybridized carbons (Fsp3) is 0.389. The van der Waals surface area contributed by atoms with Crippen molar-refractivity contribution in [1.29, 1.82) is 0 Å². The minimum absolute atomic E-state index is 0.224. The van der Waals surface area contributed by atoms with Gasteiger partial charge >= 0.3 is 0 Å². The summed E-state index contributed by atoms with van der Waals surface area (Å²) < 4.78 is 0. The summed E-state index contributed by atoms with van der Waals surface area (Å²) in [6.45, 7) is 7.03. The van der Waals surface area contributed by atoms with E-state index in [1.807, 2.05) is 32.0 Å². The summed E-state index contributed by atoms with van der Waals surface area (Å²) >= 11 is 0. The summed E-state index contributed by atoms with van der Waals surface area (Å²) in [5.41, 5.74) is 3.38. The van der Waals surface area contributed by atoms with Gasteiger partial charge in [0.25, 0.3) is 5.91 Å². The molecule has 0 spiro atoms. The Morgan fingerprint density at radius 2 is 2.00 bits per heavy atom. The van der Waals surface area contributed by atoms with Crippen LogP contribution < -0.4 is 10.6 Å². The number of benzene rings is 1. The van der Waals surface area contributed by atoms with Crippen molar-refractivity contribution in [3.8, 4) is 0 Å². The first-order valence-corrected chi connectivity index (χ1v) is 8.05. The lowest BCUT2D eigenvalue weighted by Gasteiger charge is -2.10. The van der Waals surface area contributed by atoms with Gasteiger partial charge in [-0.3, -0.25) is 4.79 Å². The van der Waals surface area contributed by atoms with Crippen molar-refractivity contribution in [2.45, 2.75) is 40.0 Å². The summed E-state index contributed by atoms with van der Waals surface area (Å²) in [7, 11) is 0. The lowest BCUT2D eigenvalue weighted by atomic mass is 10.1. The standard InChI is InChI=1S/C18H24N4O/c1-4-5-6-10-19-17-11-16(20-12-21-17)18(23)22-15-9-7-8-13(2)14(15)3/h7-9,11-12H,4-6,10H2,1-3H3,(H,22,23)(H,19,20,21). The van der Waals surface area contributed by atoms with Gasteiger partial charge in [0, 0.05) is 18.3 Å². The molecular formula is C18H24N4O. The molecule has 1 amide bonds. The lowest BCUT2D eigenvalue weighted by molar-refractivity contribution is 0.102. The summed E-state index contributed by atoms with van der Waals surface area (Å²) in [6.07, 6.45) is 4.86. The highest BCUT2D eigenvalue weighted by Crippen LogP contribution is 2.18. The van der Waals surface area contributed by atoms with Gasteiger partial charge in [0.15, 0.2) is 0 Å². The maximum absolute atomic E-state index is 12.4. The molecule has 0 fully saturated rings. The van der Waals surface area contributed by atoms with Gasteiger partial charge in [-0.15, -0.1) is 0 Å². The molecule has 0 unspecified atom stereocenters. The van der Waals surface area contributed by atoms with Crippen LogP contribution in [0.5, 0.6) is 0 Å². The lowest BCUT2D eigenvalue weighted by Crippen LogP contribution is -2.15. The maximum atomic E-state index is 12.4. The van der Waals surface area contributed by atoms with Crippen LogP contribution in [0.1, 0.15) is 47.8 Å². The van der Waals surface area contributed by atoms with Crippen molar-refractivity contribution in [1.82, 2.24) is 9.97 Å². The van der Waals surface area contributed by atoms with Crippen LogP contribution in [0.15, 0.2) is 30.6 Å². The number of hydrogen-bond acceptors (Lipinski definition) is 4. The largest absolute Gasteiger partial charge is 0.370 e. The molecule has 1 aromatic carbocycles. The zero-order valence-electron chi connectivity index (χ0n) is 14.0. The van der Waals surface area contributed by atoms with E-state index in [0.717, 1.165) is 29.8 Å². The minimum atomic E-state index is -0.224. The Labute approximate surface area is 137 Å². The van der Waals surface area contributed by atoms with E-state index < -0.39 is 0 Å². The van der Waals surface area contributed by atoms with Gasteiger partial charge < -0.3 is 10.6 Å². The molecule has 0 radical (unpaired) electrons. The zero-order valence-corrected chi connectivity index (χ0v) is 14.0. The molecule has 2 rings (SSSR count). The highest BCUT2D eigenvalue weighted by Gasteiger charge is 2.11. The molecule has 0 atom stereocenters. The first kappa shape index (κ1) is 16.9. The third-order valence-corrected chi connectivity index (χ3v) is 3.84. The molecule has 0 aliphatic carbocycles. The molecule has 1 heterocycles. The zero-order chi connectivity index (χ0) is 16.7. The monoisotopic (exact) mass is 312 g/mol. The second-order valence-electron chi connectivity index (χ2n) is 5.62. The number of nitrogens with zero attached hydrogens (tertiary/aromatic N) is 2. The van der Waals surface area contributed by atoms with Crippen molar-refractivity contribution < 1.29 is 4.79 Å². The van der Waals surface area contributed by atoms with E-state index in [-0.39, 0.29) is 5.91 Å². The van der Waals surface area contributed by atoms with Gasteiger partial charge in [-0.05, 0) is 37.5 Å². The predicted octanol–water partition coefficient (Wildman–Crippen LogP) is 3.95. The van der Waals surface area contributed by atoms with Crippen molar-refractivity contribution >= 4 is 17.4 Å². The number of carbonyl (C=O) groups is 1. The molecule has 5 nitrogen and oxygen atoms in total. The smallest absolute Gasteiger partial charge is 0.274 e. The number of anilines is 2. The van der Waals surface area contributed by atoms with Crippen LogP contribution in [0.25, 0.3) is 0 Å². The van der Waals surface area contributed by atoms with E-state index in [4.69, 9.17) is 0 Å². The Balaban J connectivity index is 2.03. The summed E-state index contributed by atoms with van der Waals surface area (Å²) in [5, 5.41) is 6.14. The second kappa shape index (κ2) is 8.27. The van der Waals surface area contributed by atoms with E-state index >= 15 is 0 Å². The Morgan fingerprint density at radius 3 is 2.78 bits per heavy atom. The van der Waals surface area contributed by atoms with E-state index in [1.54, 1.807) is 6.07 Å². The third-order valence-electron chi connectivity index (χ3n) is 3.84. The normalized spacial score (nSPS) is 10.4. The molecule has 23 heavy (non-hydrogen) atoms. The number of aromatic nitrogens is 2. The van der Waals surface area contributed by atoms with Gasteiger partial charge in [-0.25, -0.2) is 9.97 Å². The summed E-state index contributed by atoms with van der Waals surface area (Å²) in [6, 6.07) is 7.53. The minimum Gasteiger partial charge on any atom is -0.370 e. The van der Waals surface area contributed by atoms with Crippen LogP contribution in [0.4, 0.5) is 11.5 Å². The first-order chi connectivity index (χ1) is 11.1. The SMILES string of the molecule is CCCCCNc1cc(C(=O)Nc2cccc(C)c2C)ncn1. The van der Waals surface area contributed by atoms with E-state index in [1.165, 1.54) is 19.2 Å². The summed E-state index contributed by atoms with van der Waals surface area (Å²) in [5.74, 6) is 0.458. The highest BCUT2D eigenvalue weighted by atomic mass is 16.1. The van der Waals surface area contributed by atoms with Gasteiger partial charge in [-0.2, -0.15) is 0 Å². The number of aryl methyl sites for hydroxylation is 1. The Morgan fingerprint density at radius 1 is 1.17 bits per heavy atom. The molecule has 0 aliphatic rings. The molecule has 1 aromatic heterocycles. The first-order valence-electron chi connectivity index (χ1n) is 8.05. The van der Waals surface area contributed by atoms with Gasteiger partial charge in [0.1, 0.15) is 17.8 Å². The van der Waals surface area contributed by atoms with Crippen LogP contribution in [0.2, 0.25) is 0 Å². The average Bonchev–Trinajstić information content (AvgIpc) is 2.56. The number of hydrogen-bond donors (Lipinski definition) is 2. The quantitative estimate of drug-likeness (QED) is 0.760. The highest BCUT2D eigenvalue weighted by molar-refractivity contribution is 6.03. The Kier molecular flexibility index (Phi) is 6.09. The van der Waals surface area contributed by atoms with Gasteiger partial charge in [0.2, 0.25) is 0 Å². The summed E-state index contributed by atoms with van der Waals surface area (Å²) in [4.78, 5) is 20.6. The second-order valence-corrected chi connectivity index (χ2v) is 5.62. The average molecular weight is 312 g/mol. The van der Waals surface area contributed by atoms with Crippen LogP contribution in [0, 0.1) is 13.8 Å². The van der Waals surface area contributed by atoms with Crippen LogP contribution in [0.3, 0.4) is 0 Å². The Bertz CT molecular complexity index is 670. The molecule has 2 N–H and O–H groups in total. The van der Waals surface area contributed by atoms with Gasteiger partial charge in [0.05, 0.1) is 0 Å². The fourth-order valence-corrected chi connectivity index (χ4v) is 2.24. The number of nitrogens with one attached hydrogen (secondary N) is 2.